The molecule has 0 radical (unpaired) electrons. The number of methoxy groups -OCH3 is 2. The molecule has 0 saturated heterocycles. The summed E-state index contributed by atoms with van der Waals surface area (Å²) in [4.78, 5) is 16.5. The lowest BCUT2D eigenvalue weighted by molar-refractivity contribution is -0.118. The minimum atomic E-state index is -0.394. The van der Waals surface area contributed by atoms with Crippen molar-refractivity contribution in [1.29, 1.82) is 0 Å². The minimum Gasteiger partial charge on any atom is -0.493 e. The fourth-order valence-corrected chi connectivity index (χ4v) is 2.58. The Balaban J connectivity index is 1.62. The van der Waals surface area contributed by atoms with Gasteiger partial charge in [0.05, 0.1) is 20.8 Å². The van der Waals surface area contributed by atoms with Crippen LogP contribution in [-0.2, 0) is 4.79 Å². The number of para-hydroxylation sites is 2. The van der Waals surface area contributed by atoms with Crippen molar-refractivity contribution in [3.05, 3.63) is 42.5 Å². The first-order valence-corrected chi connectivity index (χ1v) is 8.93. The van der Waals surface area contributed by atoms with Crippen LogP contribution < -0.4 is 24.3 Å². The van der Waals surface area contributed by atoms with Gasteiger partial charge in [0.15, 0.2) is 35.4 Å². The molecule has 152 valence electrons. The molecule has 9 nitrogen and oxygen atoms in total. The summed E-state index contributed by atoms with van der Waals surface area (Å²) in [5, 5.41) is 9.39. The van der Waals surface area contributed by atoms with Crippen LogP contribution >= 0.6 is 0 Å². The average Bonchev–Trinajstić information content (AvgIpc) is 3.21. The highest BCUT2D eigenvalue weighted by Crippen LogP contribution is 2.31. The highest BCUT2D eigenvalue weighted by molar-refractivity contribution is 5.90. The number of H-pyrrole nitrogens is 1. The number of aromatic amines is 1. The molecule has 0 unspecified atom stereocenters. The van der Waals surface area contributed by atoms with E-state index >= 15 is 0 Å². The third-order valence-electron chi connectivity index (χ3n) is 3.90. The average molecular weight is 398 g/mol. The van der Waals surface area contributed by atoms with Gasteiger partial charge in [-0.2, -0.15) is 4.98 Å². The van der Waals surface area contributed by atoms with Crippen LogP contribution in [0.25, 0.3) is 11.4 Å². The van der Waals surface area contributed by atoms with Crippen LogP contribution in [0.4, 0.5) is 5.95 Å². The van der Waals surface area contributed by atoms with Crippen LogP contribution in [0.3, 0.4) is 0 Å². The number of hydrogen-bond acceptors (Lipinski definition) is 7. The fourth-order valence-electron chi connectivity index (χ4n) is 2.58. The van der Waals surface area contributed by atoms with Gasteiger partial charge in [-0.25, -0.2) is 0 Å². The Morgan fingerprint density at radius 2 is 1.72 bits per heavy atom. The SMILES string of the molecule is CCOc1ccccc1OCC(=O)Nc1n[nH]c(-c2ccc(OC)c(OC)c2)n1. The maximum absolute atomic E-state index is 12.2. The smallest absolute Gasteiger partial charge is 0.264 e. The molecule has 0 aliphatic heterocycles. The molecule has 1 aromatic heterocycles. The zero-order chi connectivity index (χ0) is 20.6. The van der Waals surface area contributed by atoms with Crippen molar-refractivity contribution in [1.82, 2.24) is 15.2 Å². The molecule has 0 aliphatic carbocycles. The van der Waals surface area contributed by atoms with Crippen molar-refractivity contribution in [3.63, 3.8) is 0 Å². The number of anilines is 1. The Kier molecular flexibility index (Phi) is 6.51. The molecule has 1 amide bonds. The lowest BCUT2D eigenvalue weighted by atomic mass is 10.2. The predicted octanol–water partition coefficient (Wildman–Crippen LogP) is 2.91. The molecule has 29 heavy (non-hydrogen) atoms. The molecule has 1 heterocycles. The normalized spacial score (nSPS) is 10.3. The Hall–Kier alpha value is -3.75. The van der Waals surface area contributed by atoms with Gasteiger partial charge < -0.3 is 18.9 Å². The Labute approximate surface area is 168 Å². The van der Waals surface area contributed by atoms with E-state index < -0.39 is 5.91 Å². The van der Waals surface area contributed by atoms with Crippen LogP contribution in [0.5, 0.6) is 23.0 Å². The quantitative estimate of drug-likeness (QED) is 0.571. The Morgan fingerprint density at radius 1 is 1.00 bits per heavy atom. The van der Waals surface area contributed by atoms with Crippen molar-refractivity contribution >= 4 is 11.9 Å². The molecular formula is C20H22N4O5. The summed E-state index contributed by atoms with van der Waals surface area (Å²) >= 11 is 0. The zero-order valence-electron chi connectivity index (χ0n) is 16.4. The van der Waals surface area contributed by atoms with Gasteiger partial charge in [0.2, 0.25) is 5.95 Å². The lowest BCUT2D eigenvalue weighted by Crippen LogP contribution is -2.21. The summed E-state index contributed by atoms with van der Waals surface area (Å²) in [6.45, 7) is 2.18. The highest BCUT2D eigenvalue weighted by atomic mass is 16.5. The second-order valence-electron chi connectivity index (χ2n) is 5.79. The van der Waals surface area contributed by atoms with Crippen molar-refractivity contribution < 1.29 is 23.7 Å². The van der Waals surface area contributed by atoms with E-state index in [0.717, 1.165) is 5.56 Å². The largest absolute Gasteiger partial charge is 0.493 e. The molecular weight excluding hydrogens is 376 g/mol. The van der Waals surface area contributed by atoms with Crippen molar-refractivity contribution in [2.45, 2.75) is 6.92 Å². The van der Waals surface area contributed by atoms with Gasteiger partial charge in [-0.05, 0) is 37.3 Å². The highest BCUT2D eigenvalue weighted by Gasteiger charge is 2.13. The molecule has 3 aromatic rings. The number of hydrogen-bond donors (Lipinski definition) is 2. The van der Waals surface area contributed by atoms with E-state index in [4.69, 9.17) is 18.9 Å². The number of aromatic nitrogens is 3. The minimum absolute atomic E-state index is 0.140. The molecule has 9 heteroatoms. The van der Waals surface area contributed by atoms with Crippen LogP contribution in [0, 0.1) is 0 Å². The summed E-state index contributed by atoms with van der Waals surface area (Å²) in [5.74, 6) is 2.46. The molecule has 0 saturated carbocycles. The maximum atomic E-state index is 12.2. The van der Waals surface area contributed by atoms with E-state index in [2.05, 4.69) is 20.5 Å². The van der Waals surface area contributed by atoms with E-state index in [-0.39, 0.29) is 12.6 Å². The Morgan fingerprint density at radius 3 is 2.41 bits per heavy atom. The summed E-state index contributed by atoms with van der Waals surface area (Å²) < 4.78 is 21.5. The standard InChI is InChI=1S/C20H22N4O5/c1-4-28-15-7-5-6-8-16(15)29-12-18(25)21-20-22-19(23-24-20)13-9-10-14(26-2)17(11-13)27-3/h5-11H,4,12H2,1-3H3,(H2,21,22,23,24,25). The van der Waals surface area contributed by atoms with Gasteiger partial charge in [-0.1, -0.05) is 12.1 Å². The summed E-state index contributed by atoms with van der Waals surface area (Å²) in [6.07, 6.45) is 0. The topological polar surface area (TPSA) is 108 Å². The summed E-state index contributed by atoms with van der Waals surface area (Å²) in [5.41, 5.74) is 0.734. The first-order chi connectivity index (χ1) is 14.1. The second kappa shape index (κ2) is 9.45. The number of ether oxygens (including phenoxy) is 4. The first-order valence-electron chi connectivity index (χ1n) is 8.93. The van der Waals surface area contributed by atoms with E-state index in [1.807, 2.05) is 13.0 Å². The summed E-state index contributed by atoms with van der Waals surface area (Å²) in [6, 6.07) is 12.5. The molecule has 2 aromatic carbocycles. The first kappa shape index (κ1) is 20.0. The molecule has 2 N–H and O–H groups in total. The number of amides is 1. The molecule has 0 spiro atoms. The van der Waals surface area contributed by atoms with Gasteiger partial charge in [0.25, 0.3) is 5.91 Å². The van der Waals surface area contributed by atoms with Gasteiger partial charge in [0.1, 0.15) is 0 Å². The fraction of sp³-hybridized carbons (Fsp3) is 0.250. The van der Waals surface area contributed by atoms with E-state index in [1.54, 1.807) is 50.6 Å². The predicted molar refractivity (Wildman–Crippen MR) is 107 cm³/mol. The van der Waals surface area contributed by atoms with E-state index in [9.17, 15) is 4.79 Å². The summed E-state index contributed by atoms with van der Waals surface area (Å²) in [7, 11) is 3.12. The number of carbonyl (C=O) groups excluding carboxylic acids is 1. The number of nitrogens with one attached hydrogen (secondary N) is 2. The lowest BCUT2D eigenvalue weighted by Gasteiger charge is -2.10. The van der Waals surface area contributed by atoms with E-state index in [1.165, 1.54) is 0 Å². The van der Waals surface area contributed by atoms with Crippen LogP contribution in [0.1, 0.15) is 6.92 Å². The van der Waals surface area contributed by atoms with Gasteiger partial charge in [0, 0.05) is 5.56 Å². The molecule has 0 bridgehead atoms. The Bertz CT molecular complexity index is 973. The van der Waals surface area contributed by atoms with Gasteiger partial charge in [-0.3, -0.25) is 15.2 Å². The number of benzene rings is 2. The van der Waals surface area contributed by atoms with Crippen molar-refractivity contribution in [2.75, 3.05) is 32.8 Å². The molecule has 0 atom stereocenters. The third-order valence-corrected chi connectivity index (χ3v) is 3.90. The van der Waals surface area contributed by atoms with Gasteiger partial charge in [-0.15, -0.1) is 5.10 Å². The van der Waals surface area contributed by atoms with Crippen molar-refractivity contribution in [2.24, 2.45) is 0 Å². The number of rotatable bonds is 9. The van der Waals surface area contributed by atoms with Gasteiger partial charge >= 0.3 is 0 Å². The maximum Gasteiger partial charge on any atom is 0.264 e. The number of nitrogens with zero attached hydrogens (tertiary/aromatic N) is 2. The molecule has 0 aliphatic rings. The zero-order valence-corrected chi connectivity index (χ0v) is 16.4. The van der Waals surface area contributed by atoms with Crippen LogP contribution in [0.2, 0.25) is 0 Å². The van der Waals surface area contributed by atoms with Crippen molar-refractivity contribution in [3.8, 4) is 34.4 Å². The molecule has 0 fully saturated rings. The monoisotopic (exact) mass is 398 g/mol. The second-order valence-corrected chi connectivity index (χ2v) is 5.79. The molecule has 3 rings (SSSR count). The third kappa shape index (κ3) is 4.95. The van der Waals surface area contributed by atoms with Crippen LogP contribution in [-0.4, -0.2) is 48.5 Å². The van der Waals surface area contributed by atoms with Crippen LogP contribution in [0.15, 0.2) is 42.5 Å². The van der Waals surface area contributed by atoms with E-state index in [0.29, 0.717) is 35.4 Å². The number of carbonyl (C=O) groups is 1.